The van der Waals surface area contributed by atoms with Crippen molar-refractivity contribution in [2.45, 2.75) is 63.9 Å². The van der Waals surface area contributed by atoms with Crippen LogP contribution in [0.15, 0.2) is 18.2 Å². The average molecular weight is 302 g/mol. The molecule has 0 saturated carbocycles. The van der Waals surface area contributed by atoms with E-state index in [1.807, 2.05) is 6.07 Å². The Kier molecular flexibility index (Phi) is 4.53. The SMILES string of the molecule is CCCC(CC)c1ccc2c(c1)C(=O)CC1(CCCOC1)O2. The van der Waals surface area contributed by atoms with E-state index in [4.69, 9.17) is 9.47 Å². The largest absolute Gasteiger partial charge is 0.484 e. The summed E-state index contributed by atoms with van der Waals surface area (Å²) in [6.07, 6.45) is 5.78. The lowest BCUT2D eigenvalue weighted by molar-refractivity contribution is -0.0715. The molecule has 3 heteroatoms. The van der Waals surface area contributed by atoms with E-state index in [-0.39, 0.29) is 5.78 Å². The summed E-state index contributed by atoms with van der Waals surface area (Å²) in [6, 6.07) is 6.20. The minimum absolute atomic E-state index is 0.208. The molecule has 0 aromatic heterocycles. The van der Waals surface area contributed by atoms with Gasteiger partial charge in [0.2, 0.25) is 0 Å². The van der Waals surface area contributed by atoms with Gasteiger partial charge in [0.15, 0.2) is 5.78 Å². The number of carbonyl (C=O) groups excluding carboxylic acids is 1. The Morgan fingerprint density at radius 3 is 2.86 bits per heavy atom. The average Bonchev–Trinajstić information content (AvgIpc) is 2.53. The summed E-state index contributed by atoms with van der Waals surface area (Å²) in [5.74, 6) is 1.49. The molecule has 2 heterocycles. The zero-order valence-electron chi connectivity index (χ0n) is 13.7. The van der Waals surface area contributed by atoms with Crippen molar-refractivity contribution >= 4 is 5.78 Å². The monoisotopic (exact) mass is 302 g/mol. The molecule has 3 rings (SSSR count). The van der Waals surface area contributed by atoms with Crippen LogP contribution < -0.4 is 4.74 Å². The molecule has 2 aliphatic rings. The van der Waals surface area contributed by atoms with Crippen LogP contribution in [0, 0.1) is 0 Å². The molecule has 1 aromatic rings. The Morgan fingerprint density at radius 1 is 1.32 bits per heavy atom. The van der Waals surface area contributed by atoms with Crippen LogP contribution >= 0.6 is 0 Å². The van der Waals surface area contributed by atoms with Crippen LogP contribution in [0.3, 0.4) is 0 Å². The topological polar surface area (TPSA) is 35.5 Å². The molecule has 2 unspecified atom stereocenters. The molecule has 0 radical (unpaired) electrons. The van der Waals surface area contributed by atoms with Crippen molar-refractivity contribution in [3.05, 3.63) is 29.3 Å². The third-order valence-corrected chi connectivity index (χ3v) is 5.00. The van der Waals surface area contributed by atoms with E-state index in [9.17, 15) is 4.79 Å². The number of ketones is 1. The predicted octanol–water partition coefficient (Wildman–Crippen LogP) is 4.49. The molecule has 1 fully saturated rings. The molecule has 2 atom stereocenters. The lowest BCUT2D eigenvalue weighted by Crippen LogP contribution is -2.48. The number of ether oxygens (including phenoxy) is 2. The van der Waals surface area contributed by atoms with Gasteiger partial charge in [-0.05, 0) is 49.3 Å². The molecule has 1 spiro atoms. The molecule has 2 aliphatic heterocycles. The van der Waals surface area contributed by atoms with Gasteiger partial charge < -0.3 is 9.47 Å². The molecule has 0 bridgehead atoms. The Bertz CT molecular complexity index is 544. The van der Waals surface area contributed by atoms with E-state index in [0.717, 1.165) is 37.2 Å². The zero-order valence-corrected chi connectivity index (χ0v) is 13.7. The van der Waals surface area contributed by atoms with Gasteiger partial charge >= 0.3 is 0 Å². The van der Waals surface area contributed by atoms with E-state index in [1.165, 1.54) is 18.4 Å². The first kappa shape index (κ1) is 15.5. The van der Waals surface area contributed by atoms with E-state index in [2.05, 4.69) is 26.0 Å². The highest BCUT2D eigenvalue weighted by molar-refractivity contribution is 6.00. The highest BCUT2D eigenvalue weighted by Gasteiger charge is 2.42. The van der Waals surface area contributed by atoms with E-state index >= 15 is 0 Å². The lowest BCUT2D eigenvalue weighted by atomic mass is 9.84. The summed E-state index contributed by atoms with van der Waals surface area (Å²) < 4.78 is 11.8. The van der Waals surface area contributed by atoms with Gasteiger partial charge in [0.1, 0.15) is 11.4 Å². The number of benzene rings is 1. The molecule has 22 heavy (non-hydrogen) atoms. The van der Waals surface area contributed by atoms with Crippen LogP contribution in [0.2, 0.25) is 0 Å². The fourth-order valence-electron chi connectivity index (χ4n) is 3.77. The van der Waals surface area contributed by atoms with E-state index in [0.29, 0.717) is 18.9 Å². The van der Waals surface area contributed by atoms with Crippen LogP contribution in [0.4, 0.5) is 0 Å². The molecule has 0 aliphatic carbocycles. The van der Waals surface area contributed by atoms with Crippen LogP contribution in [0.5, 0.6) is 5.75 Å². The van der Waals surface area contributed by atoms with Gasteiger partial charge in [-0.3, -0.25) is 4.79 Å². The highest BCUT2D eigenvalue weighted by atomic mass is 16.5. The second-order valence-corrected chi connectivity index (χ2v) is 6.69. The summed E-state index contributed by atoms with van der Waals surface area (Å²) in [6.45, 7) is 5.74. The second-order valence-electron chi connectivity index (χ2n) is 6.69. The summed E-state index contributed by atoms with van der Waals surface area (Å²) in [7, 11) is 0. The Morgan fingerprint density at radius 2 is 2.18 bits per heavy atom. The smallest absolute Gasteiger partial charge is 0.170 e. The summed E-state index contributed by atoms with van der Waals surface area (Å²) in [4.78, 5) is 12.6. The molecular formula is C19H26O3. The standard InChI is InChI=1S/C19H26O3/c1-3-6-14(4-2)15-7-8-18-16(11-15)17(20)12-19(22-18)9-5-10-21-13-19/h7-8,11,14H,3-6,9-10,12-13H2,1-2H3. The highest BCUT2D eigenvalue weighted by Crippen LogP contribution is 2.39. The normalized spacial score (nSPS) is 25.6. The van der Waals surface area contributed by atoms with Gasteiger partial charge in [-0.2, -0.15) is 0 Å². The third-order valence-electron chi connectivity index (χ3n) is 5.00. The van der Waals surface area contributed by atoms with Crippen LogP contribution in [-0.2, 0) is 4.74 Å². The number of fused-ring (bicyclic) bond motifs is 1. The van der Waals surface area contributed by atoms with Gasteiger partial charge in [0.25, 0.3) is 0 Å². The summed E-state index contributed by atoms with van der Waals surface area (Å²) in [5, 5.41) is 0. The molecule has 3 nitrogen and oxygen atoms in total. The van der Waals surface area contributed by atoms with E-state index < -0.39 is 5.60 Å². The Balaban J connectivity index is 1.87. The molecular weight excluding hydrogens is 276 g/mol. The van der Waals surface area contributed by atoms with Crippen LogP contribution in [-0.4, -0.2) is 24.6 Å². The maximum Gasteiger partial charge on any atom is 0.170 e. The third kappa shape index (κ3) is 2.91. The zero-order chi connectivity index (χ0) is 15.6. The van der Waals surface area contributed by atoms with Gasteiger partial charge in [-0.1, -0.05) is 26.3 Å². The van der Waals surface area contributed by atoms with Crippen LogP contribution in [0.1, 0.15) is 74.2 Å². The predicted molar refractivity (Wildman–Crippen MR) is 86.7 cm³/mol. The minimum atomic E-state index is -0.419. The fourth-order valence-corrected chi connectivity index (χ4v) is 3.77. The maximum atomic E-state index is 12.6. The Labute approximate surface area is 133 Å². The fraction of sp³-hybridized carbons (Fsp3) is 0.632. The molecule has 1 saturated heterocycles. The van der Waals surface area contributed by atoms with Crippen LogP contribution in [0.25, 0.3) is 0 Å². The van der Waals surface area contributed by atoms with Gasteiger partial charge in [-0.15, -0.1) is 0 Å². The number of Topliss-reactive ketones (excluding diaryl/α,β-unsaturated/α-hetero) is 1. The van der Waals surface area contributed by atoms with Crippen molar-refractivity contribution in [3.8, 4) is 5.75 Å². The molecule has 0 amide bonds. The van der Waals surface area contributed by atoms with Crippen molar-refractivity contribution in [1.82, 2.24) is 0 Å². The lowest BCUT2D eigenvalue weighted by Gasteiger charge is -2.40. The molecule has 1 aromatic carbocycles. The van der Waals surface area contributed by atoms with Crippen molar-refractivity contribution in [3.63, 3.8) is 0 Å². The van der Waals surface area contributed by atoms with Crippen molar-refractivity contribution < 1.29 is 14.3 Å². The quantitative estimate of drug-likeness (QED) is 0.821. The van der Waals surface area contributed by atoms with Crippen molar-refractivity contribution in [1.29, 1.82) is 0 Å². The van der Waals surface area contributed by atoms with Crippen molar-refractivity contribution in [2.24, 2.45) is 0 Å². The number of carbonyl (C=O) groups is 1. The maximum absolute atomic E-state index is 12.6. The molecule has 120 valence electrons. The number of hydrogen-bond acceptors (Lipinski definition) is 3. The van der Waals surface area contributed by atoms with Gasteiger partial charge in [0, 0.05) is 6.61 Å². The minimum Gasteiger partial charge on any atom is -0.484 e. The number of rotatable bonds is 4. The molecule has 0 N–H and O–H groups in total. The number of hydrogen-bond donors (Lipinski definition) is 0. The summed E-state index contributed by atoms with van der Waals surface area (Å²) >= 11 is 0. The first-order valence-corrected chi connectivity index (χ1v) is 8.61. The first-order chi connectivity index (χ1) is 10.7. The van der Waals surface area contributed by atoms with Gasteiger partial charge in [0.05, 0.1) is 18.6 Å². The van der Waals surface area contributed by atoms with Crippen molar-refractivity contribution in [2.75, 3.05) is 13.2 Å². The summed E-state index contributed by atoms with van der Waals surface area (Å²) in [5.41, 5.74) is 1.62. The Hall–Kier alpha value is -1.35. The first-order valence-electron chi connectivity index (χ1n) is 8.61. The van der Waals surface area contributed by atoms with Gasteiger partial charge in [-0.25, -0.2) is 0 Å². The second kappa shape index (κ2) is 6.41. The van der Waals surface area contributed by atoms with E-state index in [1.54, 1.807) is 0 Å².